The van der Waals surface area contributed by atoms with Crippen LogP contribution in [0, 0.1) is 5.92 Å². The van der Waals surface area contributed by atoms with Crippen molar-refractivity contribution >= 4 is 24.3 Å². The molecule has 0 aromatic heterocycles. The molecule has 5 aromatic rings. The van der Waals surface area contributed by atoms with Crippen LogP contribution >= 0.6 is 0 Å². The molecule has 2 fully saturated rings. The third-order valence-electron chi connectivity index (χ3n) is 14.8. The van der Waals surface area contributed by atoms with Crippen LogP contribution in [0.1, 0.15) is 62.4 Å². The average molecular weight is 1110 g/mol. The van der Waals surface area contributed by atoms with Crippen LogP contribution in [-0.4, -0.2) is 111 Å². The van der Waals surface area contributed by atoms with E-state index < -0.39 is 85.5 Å². The molecule has 0 aliphatic carbocycles. The quantitative estimate of drug-likeness (QED) is 0.0273. The second-order valence-corrected chi connectivity index (χ2v) is 27.3. The molecular formula is C61H79NO14SSi. The van der Waals surface area contributed by atoms with E-state index in [2.05, 4.69) is 52.7 Å². The van der Waals surface area contributed by atoms with Gasteiger partial charge in [0.2, 0.25) is 5.91 Å². The van der Waals surface area contributed by atoms with E-state index in [1.165, 1.54) is 6.92 Å². The van der Waals surface area contributed by atoms with Crippen LogP contribution in [0.15, 0.2) is 158 Å². The lowest BCUT2D eigenvalue weighted by molar-refractivity contribution is -0.352. The number of nitrogens with one attached hydrogen (secondary N) is 1. The zero-order valence-electron chi connectivity index (χ0n) is 46.3. The summed E-state index contributed by atoms with van der Waals surface area (Å²) < 4.78 is 103. The number of amides is 1. The average Bonchev–Trinajstić information content (AvgIpc) is 3.42. The molecule has 2 heterocycles. The Bertz CT molecular complexity index is 2690. The van der Waals surface area contributed by atoms with Crippen molar-refractivity contribution in [1.29, 1.82) is 0 Å². The highest BCUT2D eigenvalue weighted by atomic mass is 32.2. The molecule has 7 rings (SSSR count). The van der Waals surface area contributed by atoms with Gasteiger partial charge in [0, 0.05) is 6.92 Å². The molecule has 17 heteroatoms. The number of rotatable bonds is 29. The minimum atomic E-state index is -4.46. The Balaban J connectivity index is 1.35. The SMILES string of the molecule is C=CCO[C@@H]1[C@@H](NC(C)=O)[C@H](O[Si](C)(C)C(C)(C)C(C)C)O[C@H](COCc2ccc(OC)cc2)[C@H]1O[C@@H]1O[C@H](COCc2ccccc2)[C@@H](OCc2ccccc2)[C@H](OCc2ccccc2)[C@@H]1OS(=O)(=O)Cc1ccccc1. The number of hydrogen-bond acceptors (Lipinski definition) is 14. The number of methoxy groups -OCH3 is 1. The summed E-state index contributed by atoms with van der Waals surface area (Å²) in [7, 11) is -5.58. The van der Waals surface area contributed by atoms with Gasteiger partial charge < -0.3 is 52.4 Å². The maximum absolute atomic E-state index is 14.7. The summed E-state index contributed by atoms with van der Waals surface area (Å²) in [5.74, 6) is 0.0836. The Hall–Kier alpha value is -5.12. The smallest absolute Gasteiger partial charge is 0.272 e. The highest BCUT2D eigenvalue weighted by Crippen LogP contribution is 2.46. The molecule has 5 aromatic carbocycles. The Morgan fingerprint density at radius 1 is 0.641 bits per heavy atom. The molecule has 0 bridgehead atoms. The number of hydrogen-bond donors (Lipinski definition) is 1. The summed E-state index contributed by atoms with van der Waals surface area (Å²) in [6.07, 6.45) is -8.86. The summed E-state index contributed by atoms with van der Waals surface area (Å²) in [4.78, 5) is 13.4. The van der Waals surface area contributed by atoms with Gasteiger partial charge in [0.15, 0.2) is 27.0 Å². The Morgan fingerprint density at radius 2 is 1.12 bits per heavy atom. The summed E-state index contributed by atoms with van der Waals surface area (Å²) in [6, 6.07) is 44.2. The fourth-order valence-electron chi connectivity index (χ4n) is 9.37. The van der Waals surface area contributed by atoms with E-state index in [9.17, 15) is 13.2 Å². The molecule has 0 spiro atoms. The van der Waals surface area contributed by atoms with Crippen molar-refractivity contribution in [3.05, 3.63) is 186 Å². The van der Waals surface area contributed by atoms with Crippen molar-refractivity contribution in [2.24, 2.45) is 5.92 Å². The first kappa shape index (κ1) is 60.5. The van der Waals surface area contributed by atoms with Crippen LogP contribution < -0.4 is 10.1 Å². The molecule has 15 nitrogen and oxygen atoms in total. The molecule has 10 atom stereocenters. The van der Waals surface area contributed by atoms with E-state index in [0.717, 1.165) is 22.3 Å². The van der Waals surface area contributed by atoms with Gasteiger partial charge >= 0.3 is 0 Å². The second-order valence-electron chi connectivity index (χ2n) is 21.1. The second kappa shape index (κ2) is 28.8. The lowest BCUT2D eigenvalue weighted by Crippen LogP contribution is -2.70. The summed E-state index contributed by atoms with van der Waals surface area (Å²) in [5.41, 5.74) is 3.97. The van der Waals surface area contributed by atoms with Gasteiger partial charge in [-0.1, -0.05) is 167 Å². The predicted molar refractivity (Wildman–Crippen MR) is 300 cm³/mol. The van der Waals surface area contributed by atoms with E-state index in [1.54, 1.807) is 37.5 Å². The van der Waals surface area contributed by atoms with Crippen molar-refractivity contribution < 1.29 is 64.5 Å². The van der Waals surface area contributed by atoms with E-state index in [0.29, 0.717) is 11.3 Å². The third kappa shape index (κ3) is 17.0. The van der Waals surface area contributed by atoms with Gasteiger partial charge in [0.25, 0.3) is 10.1 Å². The number of carbonyl (C=O) groups excluding carboxylic acids is 1. The largest absolute Gasteiger partial charge is 0.497 e. The summed E-state index contributed by atoms with van der Waals surface area (Å²) in [6.45, 7) is 18.8. The van der Waals surface area contributed by atoms with Gasteiger partial charge in [-0.3, -0.25) is 8.98 Å². The maximum Gasteiger partial charge on any atom is 0.272 e. The molecule has 1 N–H and O–H groups in total. The number of benzene rings is 5. The van der Waals surface area contributed by atoms with E-state index >= 15 is 0 Å². The fraction of sp³-hybridized carbons (Fsp3) is 0.459. The standard InChI is InChI=1S/C61H79NO14SSi/c1-10-35-69-56-53(62-44(4)63)59(76-78(8,9)61(5,6)43(2)3)72-52(41-68-37-48-31-33-50(66-7)34-32-48)55(56)74-60-58(75-77(64,65)42-49-29-21-14-22-30-49)57(71-39-47-27-19-13-20-28-47)54(70-38-46-25-17-12-18-26-46)51(73-60)40-67-36-45-23-15-11-16-24-45/h10-34,43,51-60H,1,35-42H2,2-9H3,(H,62,63)/t51-,52-,53-,54-,55-,56-,57+,58+,59+,60+/m1/s1. The van der Waals surface area contributed by atoms with E-state index in [1.807, 2.05) is 121 Å². The van der Waals surface area contributed by atoms with Gasteiger partial charge in [-0.15, -0.1) is 6.58 Å². The zero-order chi connectivity index (χ0) is 55.7. The molecule has 422 valence electrons. The Labute approximate surface area is 463 Å². The first-order valence-corrected chi connectivity index (χ1v) is 31.2. The van der Waals surface area contributed by atoms with Crippen LogP contribution in [0.2, 0.25) is 18.1 Å². The lowest BCUT2D eigenvalue weighted by Gasteiger charge is -2.52. The molecule has 0 unspecified atom stereocenters. The third-order valence-corrected chi connectivity index (χ3v) is 20.5. The predicted octanol–water partition coefficient (Wildman–Crippen LogP) is 10.1. The first-order valence-electron chi connectivity index (χ1n) is 26.7. The highest BCUT2D eigenvalue weighted by molar-refractivity contribution is 7.85. The van der Waals surface area contributed by atoms with Gasteiger partial charge in [-0.25, -0.2) is 0 Å². The Morgan fingerprint density at radius 3 is 1.62 bits per heavy atom. The molecular weight excluding hydrogens is 1030 g/mol. The Kier molecular flexibility index (Phi) is 22.4. The van der Waals surface area contributed by atoms with Crippen LogP contribution in [0.5, 0.6) is 5.75 Å². The van der Waals surface area contributed by atoms with Crippen molar-refractivity contribution in [2.75, 3.05) is 26.9 Å². The van der Waals surface area contributed by atoms with Gasteiger partial charge in [0.1, 0.15) is 54.2 Å². The van der Waals surface area contributed by atoms with Crippen LogP contribution in [-0.2, 0) is 93.6 Å². The van der Waals surface area contributed by atoms with Crippen molar-refractivity contribution in [3.63, 3.8) is 0 Å². The molecule has 0 saturated carbocycles. The van der Waals surface area contributed by atoms with Crippen LogP contribution in [0.4, 0.5) is 0 Å². The normalized spacial score (nSPS) is 23.9. The molecule has 2 saturated heterocycles. The van der Waals surface area contributed by atoms with Gasteiger partial charge in [0.05, 0.1) is 53.4 Å². The molecule has 78 heavy (non-hydrogen) atoms. The molecule has 0 radical (unpaired) electrons. The van der Waals surface area contributed by atoms with Crippen molar-refractivity contribution in [2.45, 2.75) is 146 Å². The molecule has 1 amide bonds. The fourth-order valence-corrected chi connectivity index (χ4v) is 13.1. The monoisotopic (exact) mass is 1110 g/mol. The summed E-state index contributed by atoms with van der Waals surface area (Å²) >= 11 is 0. The van der Waals surface area contributed by atoms with E-state index in [4.69, 9.17) is 51.2 Å². The first-order chi connectivity index (χ1) is 37.5. The van der Waals surface area contributed by atoms with Gasteiger partial charge in [-0.2, -0.15) is 8.42 Å². The topological polar surface area (TPSA) is 165 Å². The van der Waals surface area contributed by atoms with Gasteiger partial charge in [-0.05, 0) is 64.0 Å². The maximum atomic E-state index is 14.7. The minimum absolute atomic E-state index is 0.0239. The van der Waals surface area contributed by atoms with Crippen molar-refractivity contribution in [1.82, 2.24) is 5.32 Å². The van der Waals surface area contributed by atoms with Crippen molar-refractivity contribution in [3.8, 4) is 5.75 Å². The summed E-state index contributed by atoms with van der Waals surface area (Å²) in [5, 5.41) is 2.83. The number of carbonyl (C=O) groups is 1. The van der Waals surface area contributed by atoms with Crippen LogP contribution in [0.3, 0.4) is 0 Å². The number of ether oxygens (including phenoxy) is 9. The minimum Gasteiger partial charge on any atom is -0.497 e. The molecule has 2 aliphatic rings. The molecule has 2 aliphatic heterocycles. The van der Waals surface area contributed by atoms with E-state index in [-0.39, 0.29) is 63.1 Å². The van der Waals surface area contributed by atoms with Crippen LogP contribution in [0.25, 0.3) is 0 Å². The lowest BCUT2D eigenvalue weighted by atomic mass is 9.95. The highest BCUT2D eigenvalue weighted by Gasteiger charge is 2.57. The zero-order valence-corrected chi connectivity index (χ0v) is 48.1.